The van der Waals surface area contributed by atoms with Gasteiger partial charge in [-0.05, 0) is 60.5 Å². The number of esters is 1. The smallest absolute Gasteiger partial charge is 0.345 e. The molecule has 168 valence electrons. The minimum Gasteiger partial charge on any atom is -0.477 e. The molecular weight excluding hydrogens is 449 g/mol. The number of hydrogen-bond acceptors (Lipinski definition) is 6. The van der Waals surface area contributed by atoms with Gasteiger partial charge in [0.25, 0.3) is 0 Å². The van der Waals surface area contributed by atoms with Crippen LogP contribution in [0.3, 0.4) is 0 Å². The third-order valence-electron chi connectivity index (χ3n) is 5.14. The van der Waals surface area contributed by atoms with E-state index in [0.717, 1.165) is 15.6 Å². The van der Waals surface area contributed by atoms with E-state index in [0.29, 0.717) is 31.6 Å². The van der Waals surface area contributed by atoms with Crippen molar-refractivity contribution in [2.24, 2.45) is 0 Å². The molecule has 1 aliphatic rings. The second-order valence-electron chi connectivity index (χ2n) is 7.85. The van der Waals surface area contributed by atoms with Crippen molar-refractivity contribution in [1.82, 2.24) is 5.09 Å². The topological polar surface area (TPSA) is 102 Å². The Kier molecular flexibility index (Phi) is 6.38. The van der Waals surface area contributed by atoms with E-state index in [1.807, 2.05) is 31.2 Å². The SMILES string of the molecule is CCCOC(=O)C1(NP(=O)(Cc2ccc3sc(C(=O)O)cc3c2)Oc2ccccc2)CC1. The number of aromatic carboxylic acids is 1. The molecule has 9 heteroatoms. The second-order valence-corrected chi connectivity index (χ2v) is 11.0. The fourth-order valence-corrected chi connectivity index (χ4v) is 6.61. The first kappa shape index (κ1) is 22.5. The van der Waals surface area contributed by atoms with Gasteiger partial charge in [0.2, 0.25) is 0 Å². The summed E-state index contributed by atoms with van der Waals surface area (Å²) in [5, 5.41) is 13.0. The van der Waals surface area contributed by atoms with Crippen LogP contribution in [-0.2, 0) is 20.3 Å². The van der Waals surface area contributed by atoms with Crippen LogP contribution < -0.4 is 9.61 Å². The molecule has 1 aromatic heterocycles. The van der Waals surface area contributed by atoms with Crippen molar-refractivity contribution >= 4 is 40.9 Å². The zero-order valence-electron chi connectivity index (χ0n) is 17.6. The average molecular weight is 473 g/mol. The summed E-state index contributed by atoms with van der Waals surface area (Å²) in [6.45, 7) is 2.23. The lowest BCUT2D eigenvalue weighted by atomic mass is 10.2. The predicted octanol–water partition coefficient (Wildman–Crippen LogP) is 5.45. The summed E-state index contributed by atoms with van der Waals surface area (Å²) in [4.78, 5) is 24.1. The molecular formula is C23H24NO6PS. The van der Waals surface area contributed by atoms with Crippen molar-refractivity contribution < 1.29 is 28.5 Å². The van der Waals surface area contributed by atoms with Gasteiger partial charge in [-0.1, -0.05) is 31.2 Å². The van der Waals surface area contributed by atoms with E-state index >= 15 is 0 Å². The standard InChI is InChI=1S/C23H24NO6PS/c1-2-12-29-22(27)23(10-11-23)24-31(28,30-18-6-4-3-5-7-18)15-16-8-9-19-17(13-16)14-20(32-19)21(25)26/h3-9,13-14H,2,10-12,15H2,1H3,(H,24,28)(H,25,26). The molecule has 0 aliphatic heterocycles. The summed E-state index contributed by atoms with van der Waals surface area (Å²) in [5.41, 5.74) is -0.278. The number of carbonyl (C=O) groups excluding carboxylic acids is 1. The zero-order valence-corrected chi connectivity index (χ0v) is 19.3. The van der Waals surface area contributed by atoms with Gasteiger partial charge in [0.15, 0.2) is 0 Å². The summed E-state index contributed by atoms with van der Waals surface area (Å²) >= 11 is 1.19. The summed E-state index contributed by atoms with van der Waals surface area (Å²) in [6, 6.07) is 15.9. The lowest BCUT2D eigenvalue weighted by Crippen LogP contribution is -2.40. The number of carboxylic acid groups (broad SMARTS) is 1. The van der Waals surface area contributed by atoms with E-state index in [1.54, 1.807) is 30.3 Å². The minimum absolute atomic E-state index is 0.0406. The Hall–Kier alpha value is -2.67. The Bertz CT molecular complexity index is 1190. The Balaban J connectivity index is 1.62. The van der Waals surface area contributed by atoms with E-state index in [1.165, 1.54) is 11.3 Å². The number of fused-ring (bicyclic) bond motifs is 1. The molecule has 32 heavy (non-hydrogen) atoms. The summed E-state index contributed by atoms with van der Waals surface area (Å²) in [7, 11) is -3.56. The molecule has 2 aromatic carbocycles. The Morgan fingerprint density at radius 1 is 1.16 bits per heavy atom. The van der Waals surface area contributed by atoms with Crippen LogP contribution in [0.4, 0.5) is 0 Å². The average Bonchev–Trinajstić information content (AvgIpc) is 3.40. The molecule has 3 aromatic rings. The van der Waals surface area contributed by atoms with Gasteiger partial charge in [0, 0.05) is 4.70 Å². The maximum absolute atomic E-state index is 14.0. The molecule has 0 amide bonds. The van der Waals surface area contributed by atoms with Gasteiger partial charge in [-0.2, -0.15) is 0 Å². The van der Waals surface area contributed by atoms with Crippen molar-refractivity contribution in [2.75, 3.05) is 6.61 Å². The van der Waals surface area contributed by atoms with Crippen LogP contribution in [0, 0.1) is 0 Å². The Labute approximate surface area is 189 Å². The molecule has 0 radical (unpaired) electrons. The molecule has 1 fully saturated rings. The van der Waals surface area contributed by atoms with Gasteiger partial charge in [-0.25, -0.2) is 9.88 Å². The van der Waals surface area contributed by atoms with Crippen LogP contribution in [0.5, 0.6) is 5.75 Å². The van der Waals surface area contributed by atoms with Gasteiger partial charge in [0.05, 0.1) is 12.8 Å². The van der Waals surface area contributed by atoms with Gasteiger partial charge < -0.3 is 14.4 Å². The van der Waals surface area contributed by atoms with Crippen molar-refractivity contribution in [3.8, 4) is 5.75 Å². The molecule has 1 aliphatic carbocycles. The van der Waals surface area contributed by atoms with Crippen molar-refractivity contribution in [3.05, 3.63) is 65.0 Å². The molecule has 1 unspecified atom stereocenters. The largest absolute Gasteiger partial charge is 0.477 e. The first-order chi connectivity index (χ1) is 15.3. The van der Waals surface area contributed by atoms with Crippen molar-refractivity contribution in [1.29, 1.82) is 0 Å². The third-order valence-corrected chi connectivity index (χ3v) is 8.30. The summed E-state index contributed by atoms with van der Waals surface area (Å²) < 4.78 is 26.1. The van der Waals surface area contributed by atoms with E-state index < -0.39 is 25.0 Å². The van der Waals surface area contributed by atoms with Crippen molar-refractivity contribution in [2.45, 2.75) is 37.9 Å². The number of carbonyl (C=O) groups is 2. The molecule has 0 bridgehead atoms. The monoisotopic (exact) mass is 473 g/mol. The number of ether oxygens (including phenoxy) is 1. The number of rotatable bonds is 10. The van der Waals surface area contributed by atoms with Crippen LogP contribution in [0.25, 0.3) is 10.1 Å². The fraction of sp³-hybridized carbons (Fsp3) is 0.304. The maximum atomic E-state index is 14.0. The van der Waals surface area contributed by atoms with Gasteiger partial charge in [0.1, 0.15) is 16.2 Å². The number of para-hydroxylation sites is 1. The zero-order chi connectivity index (χ0) is 22.8. The van der Waals surface area contributed by atoms with Gasteiger partial charge in [-0.15, -0.1) is 11.3 Å². The number of hydrogen-bond donors (Lipinski definition) is 2. The highest BCUT2D eigenvalue weighted by Crippen LogP contribution is 2.53. The quantitative estimate of drug-likeness (QED) is 0.298. The summed E-state index contributed by atoms with van der Waals surface area (Å²) in [5.74, 6) is -0.949. The second kappa shape index (κ2) is 9.06. The lowest BCUT2D eigenvalue weighted by molar-refractivity contribution is -0.147. The molecule has 7 nitrogen and oxygen atoms in total. The van der Waals surface area contributed by atoms with Crippen LogP contribution in [-0.4, -0.2) is 29.2 Å². The first-order valence-electron chi connectivity index (χ1n) is 10.4. The first-order valence-corrected chi connectivity index (χ1v) is 13.0. The van der Waals surface area contributed by atoms with Crippen LogP contribution in [0.2, 0.25) is 0 Å². The van der Waals surface area contributed by atoms with E-state index in [2.05, 4.69) is 5.09 Å². The highest BCUT2D eigenvalue weighted by Gasteiger charge is 2.55. The number of benzene rings is 2. The normalized spacial score (nSPS) is 16.3. The molecule has 4 rings (SSSR count). The molecule has 2 N–H and O–H groups in total. The van der Waals surface area contributed by atoms with Crippen molar-refractivity contribution in [3.63, 3.8) is 0 Å². The van der Waals surface area contributed by atoms with E-state index in [9.17, 15) is 19.3 Å². The summed E-state index contributed by atoms with van der Waals surface area (Å²) in [6.07, 6.45) is 1.81. The van der Waals surface area contributed by atoms with E-state index in [4.69, 9.17) is 9.26 Å². The van der Waals surface area contributed by atoms with Gasteiger partial charge >= 0.3 is 19.5 Å². The van der Waals surface area contributed by atoms with Crippen LogP contribution in [0.1, 0.15) is 41.4 Å². The third kappa shape index (κ3) is 5.04. The number of nitrogens with one attached hydrogen (secondary N) is 1. The fourth-order valence-electron chi connectivity index (χ4n) is 3.43. The molecule has 0 spiro atoms. The maximum Gasteiger partial charge on any atom is 0.345 e. The molecule has 1 atom stereocenters. The number of thiophene rings is 1. The molecule has 1 saturated carbocycles. The molecule has 0 saturated heterocycles. The highest BCUT2D eigenvalue weighted by molar-refractivity contribution is 7.56. The van der Waals surface area contributed by atoms with Gasteiger partial charge in [-0.3, -0.25) is 9.36 Å². The predicted molar refractivity (Wildman–Crippen MR) is 124 cm³/mol. The minimum atomic E-state index is -3.56. The lowest BCUT2D eigenvalue weighted by Gasteiger charge is -2.25. The van der Waals surface area contributed by atoms with Crippen LogP contribution >= 0.6 is 18.9 Å². The Morgan fingerprint density at radius 3 is 2.56 bits per heavy atom. The van der Waals surface area contributed by atoms with E-state index in [-0.39, 0.29) is 11.0 Å². The Morgan fingerprint density at radius 2 is 1.91 bits per heavy atom. The highest BCUT2D eigenvalue weighted by atomic mass is 32.1. The number of carboxylic acids is 1. The van der Waals surface area contributed by atoms with Crippen LogP contribution in [0.15, 0.2) is 54.6 Å². The molecule has 1 heterocycles.